The van der Waals surface area contributed by atoms with E-state index < -0.39 is 0 Å². The lowest BCUT2D eigenvalue weighted by atomic mass is 10.2. The first kappa shape index (κ1) is 14.8. The molecule has 0 unspecified atom stereocenters. The van der Waals surface area contributed by atoms with E-state index in [1.165, 1.54) is 17.7 Å². The van der Waals surface area contributed by atoms with Crippen molar-refractivity contribution < 1.29 is 0 Å². The second-order valence-electron chi connectivity index (χ2n) is 5.56. The number of anilines is 1. The number of thiophene rings is 1. The molecule has 0 saturated heterocycles. The summed E-state index contributed by atoms with van der Waals surface area (Å²) >= 11 is 8.18. The van der Waals surface area contributed by atoms with Gasteiger partial charge in [0, 0.05) is 37.3 Å². The van der Waals surface area contributed by atoms with Gasteiger partial charge in [-0.3, -0.25) is 0 Å². The zero-order chi connectivity index (χ0) is 14.7. The van der Waals surface area contributed by atoms with Crippen LogP contribution in [0.4, 0.5) is 5.82 Å². The average molecular weight is 322 g/mol. The van der Waals surface area contributed by atoms with Crippen LogP contribution in [0.3, 0.4) is 0 Å². The fourth-order valence-corrected chi connectivity index (χ4v) is 3.27. The van der Waals surface area contributed by atoms with Crippen LogP contribution < -0.4 is 10.2 Å². The zero-order valence-corrected chi connectivity index (χ0v) is 13.8. The molecule has 2 aromatic heterocycles. The van der Waals surface area contributed by atoms with Crippen LogP contribution in [-0.2, 0) is 13.0 Å². The van der Waals surface area contributed by atoms with Gasteiger partial charge in [-0.15, -0.1) is 11.3 Å². The first-order valence-electron chi connectivity index (χ1n) is 7.33. The maximum atomic E-state index is 6.39. The van der Waals surface area contributed by atoms with Gasteiger partial charge >= 0.3 is 0 Å². The maximum absolute atomic E-state index is 6.39. The largest absolute Gasteiger partial charge is 0.358 e. The normalized spacial score (nSPS) is 14.4. The molecule has 0 spiro atoms. The molecule has 1 saturated carbocycles. The molecule has 5 heteroatoms. The summed E-state index contributed by atoms with van der Waals surface area (Å²) in [5.74, 6) is 0.864. The number of likely N-dealkylation sites (N-methyl/N-ethyl adjacent to an activating group) is 1. The minimum Gasteiger partial charge on any atom is -0.358 e. The zero-order valence-electron chi connectivity index (χ0n) is 12.2. The van der Waals surface area contributed by atoms with E-state index in [-0.39, 0.29) is 0 Å². The van der Waals surface area contributed by atoms with Crippen molar-refractivity contribution in [2.45, 2.75) is 31.8 Å². The van der Waals surface area contributed by atoms with Crippen LogP contribution in [0.25, 0.3) is 0 Å². The minimum atomic E-state index is 0.705. The third kappa shape index (κ3) is 4.19. The first-order valence-corrected chi connectivity index (χ1v) is 8.59. The van der Waals surface area contributed by atoms with Gasteiger partial charge in [0.2, 0.25) is 0 Å². The molecule has 0 amide bonds. The predicted octanol–water partition coefficient (Wildman–Crippen LogP) is 3.73. The summed E-state index contributed by atoms with van der Waals surface area (Å²) < 4.78 is 0. The van der Waals surface area contributed by atoms with Crippen molar-refractivity contribution in [2.24, 2.45) is 0 Å². The summed E-state index contributed by atoms with van der Waals surface area (Å²) in [6.07, 6.45) is 5.55. The Morgan fingerprint density at radius 3 is 3.00 bits per heavy atom. The van der Waals surface area contributed by atoms with Crippen LogP contribution in [0.5, 0.6) is 0 Å². The standard InChI is InChI=1S/C16H20ClN3S/c1-20(7-6-14-3-2-8-21-14)16-15(17)9-12(11-19-16)10-18-13-4-5-13/h2-3,8-9,11,13,18H,4-7,10H2,1H3. The highest BCUT2D eigenvalue weighted by molar-refractivity contribution is 7.09. The molecule has 1 fully saturated rings. The molecule has 2 heterocycles. The fraction of sp³-hybridized carbons (Fsp3) is 0.438. The van der Waals surface area contributed by atoms with Gasteiger partial charge in [0.05, 0.1) is 5.02 Å². The third-order valence-electron chi connectivity index (χ3n) is 3.69. The van der Waals surface area contributed by atoms with Gasteiger partial charge in [-0.05, 0) is 42.3 Å². The van der Waals surface area contributed by atoms with Crippen molar-refractivity contribution in [3.05, 3.63) is 45.2 Å². The molecule has 0 atom stereocenters. The van der Waals surface area contributed by atoms with Crippen molar-refractivity contribution in [2.75, 3.05) is 18.5 Å². The molecule has 21 heavy (non-hydrogen) atoms. The summed E-state index contributed by atoms with van der Waals surface area (Å²) in [5, 5.41) is 6.33. The fourth-order valence-electron chi connectivity index (χ4n) is 2.24. The Labute approximate surface area is 135 Å². The highest BCUT2D eigenvalue weighted by Crippen LogP contribution is 2.25. The second-order valence-corrected chi connectivity index (χ2v) is 6.99. The van der Waals surface area contributed by atoms with E-state index in [0.717, 1.165) is 35.9 Å². The number of nitrogens with one attached hydrogen (secondary N) is 1. The van der Waals surface area contributed by atoms with Crippen LogP contribution >= 0.6 is 22.9 Å². The third-order valence-corrected chi connectivity index (χ3v) is 4.90. The van der Waals surface area contributed by atoms with Crippen LogP contribution in [0, 0.1) is 0 Å². The number of rotatable bonds is 7. The molecule has 3 rings (SSSR count). The van der Waals surface area contributed by atoms with Gasteiger partial charge < -0.3 is 10.2 Å². The van der Waals surface area contributed by atoms with Crippen molar-refractivity contribution >= 4 is 28.8 Å². The lowest BCUT2D eigenvalue weighted by Crippen LogP contribution is -2.22. The van der Waals surface area contributed by atoms with E-state index in [0.29, 0.717) is 6.04 Å². The number of aromatic nitrogens is 1. The second kappa shape index (κ2) is 6.77. The number of nitrogens with zero attached hydrogens (tertiary/aromatic N) is 2. The minimum absolute atomic E-state index is 0.705. The molecule has 0 aliphatic heterocycles. The SMILES string of the molecule is CN(CCc1cccs1)c1ncc(CNC2CC2)cc1Cl. The lowest BCUT2D eigenvalue weighted by molar-refractivity contribution is 0.685. The van der Waals surface area contributed by atoms with Crippen LogP contribution in [0.2, 0.25) is 5.02 Å². The molecule has 1 aliphatic rings. The van der Waals surface area contributed by atoms with Gasteiger partial charge in [-0.2, -0.15) is 0 Å². The highest BCUT2D eigenvalue weighted by atomic mass is 35.5. The molecule has 3 nitrogen and oxygen atoms in total. The summed E-state index contributed by atoms with van der Waals surface area (Å²) in [7, 11) is 2.05. The maximum Gasteiger partial charge on any atom is 0.147 e. The van der Waals surface area contributed by atoms with E-state index >= 15 is 0 Å². The smallest absolute Gasteiger partial charge is 0.147 e. The van der Waals surface area contributed by atoms with Crippen molar-refractivity contribution in [3.63, 3.8) is 0 Å². The Kier molecular flexibility index (Phi) is 4.78. The van der Waals surface area contributed by atoms with E-state index in [1.807, 2.05) is 19.3 Å². The number of hydrogen-bond donors (Lipinski definition) is 1. The Bertz CT molecular complexity index is 581. The monoisotopic (exact) mass is 321 g/mol. The Hall–Kier alpha value is -1.10. The van der Waals surface area contributed by atoms with Crippen molar-refractivity contribution in [1.29, 1.82) is 0 Å². The van der Waals surface area contributed by atoms with Gasteiger partial charge in [0.25, 0.3) is 0 Å². The van der Waals surface area contributed by atoms with E-state index in [2.05, 4.69) is 32.7 Å². The topological polar surface area (TPSA) is 28.2 Å². The Morgan fingerprint density at radius 2 is 2.33 bits per heavy atom. The molecule has 0 radical (unpaired) electrons. The van der Waals surface area contributed by atoms with Crippen molar-refractivity contribution in [3.8, 4) is 0 Å². The molecule has 2 aromatic rings. The van der Waals surface area contributed by atoms with E-state index in [1.54, 1.807) is 11.3 Å². The molecule has 0 bridgehead atoms. The summed E-state index contributed by atoms with van der Waals surface area (Å²) in [6.45, 7) is 1.78. The summed E-state index contributed by atoms with van der Waals surface area (Å²) in [4.78, 5) is 8.05. The molecule has 1 aliphatic carbocycles. The van der Waals surface area contributed by atoms with Crippen LogP contribution in [0.15, 0.2) is 29.8 Å². The number of hydrogen-bond acceptors (Lipinski definition) is 4. The quantitative estimate of drug-likeness (QED) is 0.842. The van der Waals surface area contributed by atoms with Gasteiger partial charge in [0.15, 0.2) is 0 Å². The molecular formula is C16H20ClN3S. The Morgan fingerprint density at radius 1 is 1.48 bits per heavy atom. The molecular weight excluding hydrogens is 302 g/mol. The van der Waals surface area contributed by atoms with Gasteiger partial charge in [-0.1, -0.05) is 17.7 Å². The summed E-state index contributed by atoms with van der Waals surface area (Å²) in [6, 6.07) is 6.99. The van der Waals surface area contributed by atoms with Gasteiger partial charge in [0.1, 0.15) is 5.82 Å². The molecule has 112 valence electrons. The van der Waals surface area contributed by atoms with Crippen molar-refractivity contribution in [1.82, 2.24) is 10.3 Å². The average Bonchev–Trinajstić information content (AvgIpc) is 3.16. The van der Waals surface area contributed by atoms with E-state index in [9.17, 15) is 0 Å². The highest BCUT2D eigenvalue weighted by Gasteiger charge is 2.20. The van der Waals surface area contributed by atoms with Crippen LogP contribution in [0.1, 0.15) is 23.3 Å². The molecule has 1 N–H and O–H groups in total. The number of halogens is 1. The van der Waals surface area contributed by atoms with Crippen LogP contribution in [-0.4, -0.2) is 24.6 Å². The van der Waals surface area contributed by atoms with E-state index in [4.69, 9.17) is 11.6 Å². The first-order chi connectivity index (χ1) is 10.2. The number of pyridine rings is 1. The van der Waals surface area contributed by atoms with Gasteiger partial charge in [-0.25, -0.2) is 4.98 Å². The Balaban J connectivity index is 1.58. The predicted molar refractivity (Wildman–Crippen MR) is 90.4 cm³/mol. The molecule has 0 aromatic carbocycles. The lowest BCUT2D eigenvalue weighted by Gasteiger charge is -2.19. The summed E-state index contributed by atoms with van der Waals surface area (Å²) in [5.41, 5.74) is 1.15.